The quantitative estimate of drug-likeness (QED) is 0.714. The number of aryl methyl sites for hydroxylation is 1. The average molecular weight is 345 g/mol. The lowest BCUT2D eigenvalue weighted by Crippen LogP contribution is -2.49. The van der Waals surface area contributed by atoms with Crippen LogP contribution in [-0.2, 0) is 0 Å². The molecule has 0 saturated carbocycles. The maximum Gasteiger partial charge on any atom is 0.256 e. The Hall–Kier alpha value is -2.06. The summed E-state index contributed by atoms with van der Waals surface area (Å²) in [5.41, 5.74) is 1.55. The smallest absolute Gasteiger partial charge is 0.256 e. The van der Waals surface area contributed by atoms with Crippen LogP contribution in [0.25, 0.3) is 10.2 Å². The highest BCUT2D eigenvalue weighted by atomic mass is 32.1. The molecule has 0 bridgehead atoms. The van der Waals surface area contributed by atoms with E-state index in [-0.39, 0.29) is 5.91 Å². The fourth-order valence-electron chi connectivity index (χ4n) is 2.82. The molecule has 1 fully saturated rings. The van der Waals surface area contributed by atoms with Gasteiger partial charge in [-0.3, -0.25) is 4.79 Å². The lowest BCUT2D eigenvalue weighted by molar-refractivity contribution is 0.0746. The number of amides is 1. The van der Waals surface area contributed by atoms with Gasteiger partial charge < -0.3 is 9.80 Å². The van der Waals surface area contributed by atoms with E-state index in [0.29, 0.717) is 13.1 Å². The van der Waals surface area contributed by atoms with Crippen LogP contribution in [0.15, 0.2) is 23.2 Å². The maximum absolute atomic E-state index is 12.5. The summed E-state index contributed by atoms with van der Waals surface area (Å²) < 4.78 is 4.19. The van der Waals surface area contributed by atoms with Crippen LogP contribution in [0.3, 0.4) is 0 Å². The largest absolute Gasteiger partial charge is 0.352 e. The molecule has 3 aromatic heterocycles. The van der Waals surface area contributed by atoms with E-state index >= 15 is 0 Å². The van der Waals surface area contributed by atoms with Crippen LogP contribution >= 0.6 is 22.9 Å². The number of carbonyl (C=O) groups excluding carboxylic acids is 1. The van der Waals surface area contributed by atoms with Crippen LogP contribution in [0.1, 0.15) is 16.1 Å². The van der Waals surface area contributed by atoms with Gasteiger partial charge in [-0.2, -0.15) is 4.37 Å². The van der Waals surface area contributed by atoms with Crippen LogP contribution < -0.4 is 4.90 Å². The Kier molecular flexibility index (Phi) is 3.70. The van der Waals surface area contributed by atoms with Gasteiger partial charge in [0.15, 0.2) is 0 Å². The van der Waals surface area contributed by atoms with E-state index in [2.05, 4.69) is 25.3 Å². The van der Waals surface area contributed by atoms with Gasteiger partial charge in [0.1, 0.15) is 17.0 Å². The molecule has 0 N–H and O–H groups in total. The summed E-state index contributed by atoms with van der Waals surface area (Å²) in [6, 6.07) is 2.06. The number of thiophene rings is 1. The van der Waals surface area contributed by atoms with Crippen LogP contribution in [0.2, 0.25) is 0 Å². The molecule has 3 aromatic rings. The first-order chi connectivity index (χ1) is 11.2. The van der Waals surface area contributed by atoms with Crippen LogP contribution in [-0.4, -0.2) is 51.3 Å². The lowest BCUT2D eigenvalue weighted by atomic mass is 10.2. The molecule has 0 aliphatic carbocycles. The number of piperazine rings is 1. The molecular weight excluding hydrogens is 330 g/mol. The minimum Gasteiger partial charge on any atom is -0.352 e. The third kappa shape index (κ3) is 2.57. The number of anilines is 1. The summed E-state index contributed by atoms with van der Waals surface area (Å²) in [5.74, 6) is 1.05. The van der Waals surface area contributed by atoms with Gasteiger partial charge in [-0.25, -0.2) is 9.97 Å². The molecule has 0 radical (unpaired) electrons. The normalized spacial score (nSPS) is 15.3. The topological polar surface area (TPSA) is 62.2 Å². The lowest BCUT2D eigenvalue weighted by Gasteiger charge is -2.35. The first-order valence-corrected chi connectivity index (χ1v) is 9.09. The molecule has 6 nitrogen and oxygen atoms in total. The number of hydrogen-bond donors (Lipinski definition) is 0. The van der Waals surface area contributed by atoms with E-state index in [1.54, 1.807) is 17.7 Å². The Morgan fingerprint density at radius 2 is 2.04 bits per heavy atom. The van der Waals surface area contributed by atoms with Crippen LogP contribution in [0.4, 0.5) is 5.82 Å². The fraction of sp³-hybridized carbons (Fsp3) is 0.333. The van der Waals surface area contributed by atoms with Crippen molar-refractivity contribution in [1.29, 1.82) is 0 Å². The summed E-state index contributed by atoms with van der Waals surface area (Å²) in [4.78, 5) is 26.4. The van der Waals surface area contributed by atoms with Gasteiger partial charge in [0, 0.05) is 31.6 Å². The highest BCUT2D eigenvalue weighted by Gasteiger charge is 2.25. The van der Waals surface area contributed by atoms with E-state index in [4.69, 9.17) is 0 Å². The number of rotatable bonds is 2. The highest BCUT2D eigenvalue weighted by molar-refractivity contribution is 7.16. The van der Waals surface area contributed by atoms with Crippen molar-refractivity contribution in [2.24, 2.45) is 0 Å². The zero-order valence-electron chi connectivity index (χ0n) is 12.6. The van der Waals surface area contributed by atoms with Crippen molar-refractivity contribution in [2.75, 3.05) is 31.1 Å². The van der Waals surface area contributed by atoms with Crippen molar-refractivity contribution in [1.82, 2.24) is 19.2 Å². The van der Waals surface area contributed by atoms with Crippen LogP contribution in [0.5, 0.6) is 0 Å². The summed E-state index contributed by atoms with van der Waals surface area (Å²) in [6.07, 6.45) is 1.62. The predicted octanol–water partition coefficient (Wildman–Crippen LogP) is 2.42. The minimum absolute atomic E-state index is 0.0827. The van der Waals surface area contributed by atoms with Crippen molar-refractivity contribution in [2.45, 2.75) is 6.92 Å². The zero-order valence-corrected chi connectivity index (χ0v) is 14.2. The molecule has 4 rings (SSSR count). The molecule has 0 unspecified atom stereocenters. The second-order valence-corrected chi connectivity index (χ2v) is 6.95. The average Bonchev–Trinajstić information content (AvgIpc) is 3.22. The van der Waals surface area contributed by atoms with Gasteiger partial charge in [-0.15, -0.1) is 11.3 Å². The Morgan fingerprint density at radius 3 is 2.78 bits per heavy atom. The van der Waals surface area contributed by atoms with Crippen molar-refractivity contribution in [3.8, 4) is 0 Å². The summed E-state index contributed by atoms with van der Waals surface area (Å²) in [7, 11) is 0. The fourth-order valence-corrected chi connectivity index (χ4v) is 4.23. The Labute approximate surface area is 141 Å². The van der Waals surface area contributed by atoms with Gasteiger partial charge >= 0.3 is 0 Å². The number of nitrogens with zero attached hydrogens (tertiary/aromatic N) is 5. The van der Waals surface area contributed by atoms with E-state index in [9.17, 15) is 4.79 Å². The number of fused-ring (bicyclic) bond motifs is 1. The molecule has 4 heterocycles. The zero-order chi connectivity index (χ0) is 15.8. The summed E-state index contributed by atoms with van der Waals surface area (Å²) in [6.45, 7) is 4.84. The van der Waals surface area contributed by atoms with Crippen molar-refractivity contribution in [3.63, 3.8) is 0 Å². The molecule has 1 aliphatic heterocycles. The first kappa shape index (κ1) is 14.5. The van der Waals surface area contributed by atoms with Gasteiger partial charge in [-0.05, 0) is 29.9 Å². The van der Waals surface area contributed by atoms with Crippen LogP contribution in [0, 0.1) is 6.92 Å². The maximum atomic E-state index is 12.5. The molecule has 118 valence electrons. The summed E-state index contributed by atoms with van der Waals surface area (Å²) in [5, 5.41) is 4.97. The van der Waals surface area contributed by atoms with Gasteiger partial charge in [0.05, 0.1) is 16.6 Å². The molecule has 0 spiro atoms. The molecule has 1 saturated heterocycles. The summed E-state index contributed by atoms with van der Waals surface area (Å²) >= 11 is 2.96. The Morgan fingerprint density at radius 1 is 1.22 bits per heavy atom. The van der Waals surface area contributed by atoms with Gasteiger partial charge in [-0.1, -0.05) is 0 Å². The van der Waals surface area contributed by atoms with Gasteiger partial charge in [0.2, 0.25) is 0 Å². The van der Waals surface area contributed by atoms with Gasteiger partial charge in [0.25, 0.3) is 5.91 Å². The van der Waals surface area contributed by atoms with Crippen molar-refractivity contribution in [3.05, 3.63) is 34.4 Å². The third-order valence-corrected chi connectivity index (χ3v) is 5.63. The molecule has 1 amide bonds. The molecule has 0 aromatic carbocycles. The van der Waals surface area contributed by atoms with E-state index in [1.165, 1.54) is 11.5 Å². The second-order valence-electron chi connectivity index (χ2n) is 5.43. The van der Waals surface area contributed by atoms with Crippen molar-refractivity contribution >= 4 is 44.8 Å². The number of hydrogen-bond acceptors (Lipinski definition) is 7. The number of aromatic nitrogens is 3. The number of carbonyl (C=O) groups is 1. The molecule has 1 aliphatic rings. The molecule has 23 heavy (non-hydrogen) atoms. The van der Waals surface area contributed by atoms with E-state index in [0.717, 1.165) is 40.4 Å². The Balaban J connectivity index is 1.50. The third-order valence-electron chi connectivity index (χ3n) is 4.09. The molecule has 8 heteroatoms. The second kappa shape index (κ2) is 5.86. The minimum atomic E-state index is 0.0827. The van der Waals surface area contributed by atoms with E-state index in [1.807, 2.05) is 22.6 Å². The molecular formula is C15H15N5OS2. The Bertz CT molecular complexity index is 850. The van der Waals surface area contributed by atoms with Crippen molar-refractivity contribution < 1.29 is 4.79 Å². The molecule has 0 atom stereocenters. The first-order valence-electron chi connectivity index (χ1n) is 7.37. The van der Waals surface area contributed by atoms with E-state index < -0.39 is 0 Å². The monoisotopic (exact) mass is 345 g/mol. The standard InChI is InChI=1S/C15H15N5OS2/c1-10-12(8-23-18-10)15(21)20-5-3-19(4-6-20)13-11-2-7-22-14(11)17-9-16-13/h2,7-9H,3-6H2,1H3. The highest BCUT2D eigenvalue weighted by Crippen LogP contribution is 2.27. The SMILES string of the molecule is Cc1nscc1C(=O)N1CCN(c2ncnc3sccc23)CC1. The predicted molar refractivity (Wildman–Crippen MR) is 92.4 cm³/mol.